The lowest BCUT2D eigenvalue weighted by Crippen LogP contribution is -2.31. The molecule has 0 saturated carbocycles. The summed E-state index contributed by atoms with van der Waals surface area (Å²) >= 11 is 7.37. The molecule has 2 aromatic carbocycles. The van der Waals surface area contributed by atoms with E-state index in [9.17, 15) is 9.59 Å². The van der Waals surface area contributed by atoms with Gasteiger partial charge in [0.2, 0.25) is 0 Å². The van der Waals surface area contributed by atoms with E-state index < -0.39 is 0 Å². The lowest BCUT2D eigenvalue weighted by Gasteiger charge is -2.16. The molecule has 0 fully saturated rings. The highest BCUT2D eigenvalue weighted by Crippen LogP contribution is 2.39. The molecule has 26 heavy (non-hydrogen) atoms. The second-order valence-electron chi connectivity index (χ2n) is 6.02. The van der Waals surface area contributed by atoms with Gasteiger partial charge in [0.25, 0.3) is 11.8 Å². The molecule has 134 valence electrons. The van der Waals surface area contributed by atoms with Crippen LogP contribution >= 0.6 is 23.4 Å². The van der Waals surface area contributed by atoms with E-state index >= 15 is 0 Å². The minimum Gasteiger partial charge on any atom is -0.396 e. The van der Waals surface area contributed by atoms with E-state index in [1.165, 1.54) is 11.8 Å². The highest BCUT2D eigenvalue weighted by Gasteiger charge is 2.40. The average molecular weight is 388 g/mol. The third-order valence-electron chi connectivity index (χ3n) is 4.13. The fourth-order valence-corrected chi connectivity index (χ4v) is 3.76. The minimum atomic E-state index is -0.385. The number of halogens is 1. The van der Waals surface area contributed by atoms with Gasteiger partial charge >= 0.3 is 0 Å². The molecule has 0 aliphatic carbocycles. The lowest BCUT2D eigenvalue weighted by molar-refractivity contribution is -0.119. The number of hydrogen-bond donors (Lipinski definition) is 1. The van der Waals surface area contributed by atoms with E-state index in [2.05, 4.69) is 0 Å². The maximum Gasteiger partial charge on any atom is 0.272 e. The van der Waals surface area contributed by atoms with Crippen LogP contribution in [0.3, 0.4) is 0 Å². The molecule has 0 saturated heterocycles. The molecule has 1 heterocycles. The second-order valence-corrected chi connectivity index (χ2v) is 7.53. The van der Waals surface area contributed by atoms with Gasteiger partial charge in [-0.3, -0.25) is 9.59 Å². The number of rotatable bonds is 5. The van der Waals surface area contributed by atoms with Gasteiger partial charge in [0.05, 0.1) is 22.8 Å². The molecule has 3 rings (SSSR count). The van der Waals surface area contributed by atoms with Crippen molar-refractivity contribution in [3.63, 3.8) is 0 Å². The number of imide groups is 1. The first kappa shape index (κ1) is 18.7. The highest BCUT2D eigenvalue weighted by atomic mass is 35.5. The molecule has 0 unspecified atom stereocenters. The first-order chi connectivity index (χ1) is 12.4. The van der Waals surface area contributed by atoms with Crippen molar-refractivity contribution in [1.29, 1.82) is 0 Å². The molecule has 1 N–H and O–H groups in total. The Hall–Kier alpha value is -2.08. The molecule has 0 atom stereocenters. The van der Waals surface area contributed by atoms with Crippen molar-refractivity contribution in [2.24, 2.45) is 0 Å². The zero-order valence-corrected chi connectivity index (χ0v) is 16.0. The molecule has 2 aromatic rings. The molecule has 0 bridgehead atoms. The molecule has 0 radical (unpaired) electrons. The Morgan fingerprint density at radius 2 is 1.73 bits per heavy atom. The Bertz CT molecular complexity index is 906. The summed E-state index contributed by atoms with van der Waals surface area (Å²) in [4.78, 5) is 27.6. The molecular weight excluding hydrogens is 370 g/mol. The number of thioether (sulfide) groups is 1. The molecule has 2 amide bonds. The summed E-state index contributed by atoms with van der Waals surface area (Å²) in [5.41, 5.74) is 3.44. The number of anilines is 1. The van der Waals surface area contributed by atoms with Crippen LogP contribution in [-0.4, -0.2) is 29.3 Å². The first-order valence-corrected chi connectivity index (χ1v) is 9.50. The number of aliphatic hydroxyl groups excluding tert-OH is 1. The van der Waals surface area contributed by atoms with Crippen molar-refractivity contribution < 1.29 is 14.7 Å². The second kappa shape index (κ2) is 7.66. The number of carbonyl (C=O) groups excluding carboxylic acids is 2. The summed E-state index contributed by atoms with van der Waals surface area (Å²) in [6.07, 6.45) is 0. The van der Waals surface area contributed by atoms with Gasteiger partial charge in [-0.15, -0.1) is 11.8 Å². The van der Waals surface area contributed by atoms with E-state index in [0.29, 0.717) is 32.5 Å². The van der Waals surface area contributed by atoms with Crippen LogP contribution in [-0.2, 0) is 9.59 Å². The number of benzene rings is 2. The summed E-state index contributed by atoms with van der Waals surface area (Å²) in [6.45, 7) is 3.74. The van der Waals surface area contributed by atoms with E-state index in [4.69, 9.17) is 16.7 Å². The third kappa shape index (κ3) is 3.43. The number of aliphatic hydroxyl groups is 1. The maximum atomic E-state index is 13.1. The Labute approximate surface area is 161 Å². The van der Waals surface area contributed by atoms with Gasteiger partial charge < -0.3 is 5.11 Å². The van der Waals surface area contributed by atoms with Crippen molar-refractivity contribution in [1.82, 2.24) is 0 Å². The van der Waals surface area contributed by atoms with Gasteiger partial charge in [0, 0.05) is 10.8 Å². The normalized spacial score (nSPS) is 14.5. The van der Waals surface area contributed by atoms with E-state index in [1.807, 2.05) is 38.1 Å². The predicted molar refractivity (Wildman–Crippen MR) is 106 cm³/mol. The van der Waals surface area contributed by atoms with Gasteiger partial charge in [0.1, 0.15) is 0 Å². The van der Waals surface area contributed by atoms with Crippen molar-refractivity contribution in [2.45, 2.75) is 13.8 Å². The van der Waals surface area contributed by atoms with Crippen LogP contribution in [0, 0.1) is 13.8 Å². The molecule has 0 aromatic heterocycles. The van der Waals surface area contributed by atoms with Gasteiger partial charge in [-0.25, -0.2) is 4.90 Å². The number of aryl methyl sites for hydroxylation is 2. The van der Waals surface area contributed by atoms with E-state index in [-0.39, 0.29) is 18.4 Å². The number of carbonyl (C=O) groups is 2. The predicted octanol–water partition coefficient (Wildman–Crippen LogP) is 3.97. The zero-order chi connectivity index (χ0) is 18.8. The first-order valence-electron chi connectivity index (χ1n) is 8.14. The third-order valence-corrected chi connectivity index (χ3v) is 5.59. The van der Waals surface area contributed by atoms with Gasteiger partial charge in [-0.2, -0.15) is 0 Å². The van der Waals surface area contributed by atoms with Crippen LogP contribution in [0.4, 0.5) is 5.69 Å². The molecule has 1 aliphatic heterocycles. The fourth-order valence-electron chi connectivity index (χ4n) is 2.72. The van der Waals surface area contributed by atoms with Crippen LogP contribution in [0.5, 0.6) is 0 Å². The van der Waals surface area contributed by atoms with Gasteiger partial charge in [-0.05, 0) is 37.1 Å². The van der Waals surface area contributed by atoms with E-state index in [0.717, 1.165) is 16.0 Å². The largest absolute Gasteiger partial charge is 0.396 e. The monoisotopic (exact) mass is 387 g/mol. The molecule has 6 heteroatoms. The molecular formula is C20H18ClNO3S. The Morgan fingerprint density at radius 3 is 2.35 bits per heavy atom. The Morgan fingerprint density at radius 1 is 1.04 bits per heavy atom. The van der Waals surface area contributed by atoms with E-state index in [1.54, 1.807) is 18.2 Å². The summed E-state index contributed by atoms with van der Waals surface area (Å²) in [5.74, 6) is -0.421. The minimum absolute atomic E-state index is 0.0762. The Kier molecular flexibility index (Phi) is 5.51. The highest BCUT2D eigenvalue weighted by molar-refractivity contribution is 8.04. The zero-order valence-electron chi connectivity index (χ0n) is 14.5. The quantitative estimate of drug-likeness (QED) is 0.789. The molecule has 4 nitrogen and oxygen atoms in total. The summed E-state index contributed by atoms with van der Waals surface area (Å²) in [7, 11) is 0. The fraction of sp³-hybridized carbons (Fsp3) is 0.200. The topological polar surface area (TPSA) is 57.6 Å². The van der Waals surface area contributed by atoms with Crippen molar-refractivity contribution in [3.05, 3.63) is 69.1 Å². The summed E-state index contributed by atoms with van der Waals surface area (Å²) in [5, 5.41) is 9.65. The van der Waals surface area contributed by atoms with Crippen LogP contribution in [0.1, 0.15) is 16.7 Å². The van der Waals surface area contributed by atoms with Crippen molar-refractivity contribution in [2.75, 3.05) is 17.3 Å². The number of nitrogens with zero attached hydrogens (tertiary/aromatic N) is 1. The van der Waals surface area contributed by atoms with Crippen LogP contribution < -0.4 is 4.90 Å². The van der Waals surface area contributed by atoms with Crippen LogP contribution in [0.15, 0.2) is 47.4 Å². The standard InChI is InChI=1S/C20H18ClNO3S/c1-12-3-6-14(7-4-12)17-18(26-10-9-23)20(25)22(19(17)24)15-8-5-13(2)16(21)11-15/h3-8,11,23H,9-10H2,1-2H3. The molecule has 1 aliphatic rings. The smallest absolute Gasteiger partial charge is 0.272 e. The number of amides is 2. The Balaban J connectivity index is 2.07. The van der Waals surface area contributed by atoms with Gasteiger partial charge in [0.15, 0.2) is 0 Å². The van der Waals surface area contributed by atoms with Crippen LogP contribution in [0.25, 0.3) is 5.57 Å². The van der Waals surface area contributed by atoms with Gasteiger partial charge in [-0.1, -0.05) is 47.5 Å². The van der Waals surface area contributed by atoms with Crippen LogP contribution in [0.2, 0.25) is 5.02 Å². The summed E-state index contributed by atoms with van der Waals surface area (Å²) < 4.78 is 0. The van der Waals surface area contributed by atoms with Crippen molar-refractivity contribution >= 4 is 46.4 Å². The SMILES string of the molecule is Cc1ccc(C2=C(SCCO)C(=O)N(c3ccc(C)c(Cl)c3)C2=O)cc1. The maximum absolute atomic E-state index is 13.1. The average Bonchev–Trinajstić information content (AvgIpc) is 2.86. The molecule has 0 spiro atoms. The number of hydrogen-bond acceptors (Lipinski definition) is 4. The summed E-state index contributed by atoms with van der Waals surface area (Å²) in [6, 6.07) is 12.6. The lowest BCUT2D eigenvalue weighted by atomic mass is 10.0. The van der Waals surface area contributed by atoms with Crippen molar-refractivity contribution in [3.8, 4) is 0 Å².